The van der Waals surface area contributed by atoms with Gasteiger partial charge in [-0.1, -0.05) is 11.6 Å². The van der Waals surface area contributed by atoms with Crippen LogP contribution in [0.15, 0.2) is 36.7 Å². The molecule has 1 aromatic heterocycles. The first kappa shape index (κ1) is 15.8. The Morgan fingerprint density at radius 2 is 2.05 bits per heavy atom. The Hall–Kier alpha value is -1.56. The number of carbonyl (C=O) groups is 1. The van der Waals surface area contributed by atoms with Crippen LogP contribution < -0.4 is 5.73 Å². The number of likely N-dealkylation sites (tertiary alicyclic amines) is 1. The maximum atomic E-state index is 12.3. The zero-order chi connectivity index (χ0) is 14.1. The minimum absolute atomic E-state index is 0. The Bertz CT molecular complexity index is 626. The van der Waals surface area contributed by atoms with Crippen LogP contribution in [-0.4, -0.2) is 39.7 Å². The Morgan fingerprint density at radius 1 is 1.33 bits per heavy atom. The van der Waals surface area contributed by atoms with Crippen molar-refractivity contribution in [2.75, 3.05) is 13.1 Å². The number of amides is 1. The SMILES string of the molecule is Cl.N[C@@H]1CCN(C(=O)c2cnn(-c3ccc(Cl)cc3)c2)C1. The molecule has 1 amide bonds. The van der Waals surface area contributed by atoms with E-state index in [0.717, 1.165) is 12.1 Å². The Morgan fingerprint density at radius 3 is 2.67 bits per heavy atom. The summed E-state index contributed by atoms with van der Waals surface area (Å²) in [7, 11) is 0. The van der Waals surface area contributed by atoms with E-state index in [9.17, 15) is 4.79 Å². The topological polar surface area (TPSA) is 64.2 Å². The van der Waals surface area contributed by atoms with Gasteiger partial charge in [0.1, 0.15) is 0 Å². The van der Waals surface area contributed by atoms with E-state index in [-0.39, 0.29) is 24.4 Å². The molecule has 0 spiro atoms. The molecule has 5 nitrogen and oxygen atoms in total. The molecule has 1 aromatic carbocycles. The average molecular weight is 327 g/mol. The number of hydrogen-bond acceptors (Lipinski definition) is 3. The van der Waals surface area contributed by atoms with E-state index in [4.69, 9.17) is 17.3 Å². The second-order valence-electron chi connectivity index (χ2n) is 4.95. The van der Waals surface area contributed by atoms with Gasteiger partial charge in [-0.2, -0.15) is 5.10 Å². The van der Waals surface area contributed by atoms with E-state index in [1.165, 1.54) is 0 Å². The summed E-state index contributed by atoms with van der Waals surface area (Å²) in [5.74, 6) is -0.0156. The van der Waals surface area contributed by atoms with Gasteiger partial charge in [0.25, 0.3) is 5.91 Å². The zero-order valence-corrected chi connectivity index (χ0v) is 12.8. The molecule has 1 aliphatic rings. The lowest BCUT2D eigenvalue weighted by Gasteiger charge is -2.14. The van der Waals surface area contributed by atoms with E-state index in [1.807, 2.05) is 12.1 Å². The van der Waals surface area contributed by atoms with Gasteiger partial charge in [-0.15, -0.1) is 12.4 Å². The van der Waals surface area contributed by atoms with E-state index in [0.29, 0.717) is 23.7 Å². The molecule has 7 heteroatoms. The van der Waals surface area contributed by atoms with Gasteiger partial charge in [-0.3, -0.25) is 4.79 Å². The molecular weight excluding hydrogens is 311 g/mol. The van der Waals surface area contributed by atoms with Crippen LogP contribution in [0.2, 0.25) is 5.02 Å². The number of nitrogens with zero attached hydrogens (tertiary/aromatic N) is 3. The highest BCUT2D eigenvalue weighted by Crippen LogP contribution is 2.16. The van der Waals surface area contributed by atoms with Crippen LogP contribution in [0.5, 0.6) is 0 Å². The smallest absolute Gasteiger partial charge is 0.257 e. The minimum Gasteiger partial charge on any atom is -0.337 e. The van der Waals surface area contributed by atoms with Crippen molar-refractivity contribution in [1.29, 1.82) is 0 Å². The Labute approximate surface area is 134 Å². The van der Waals surface area contributed by atoms with Crippen LogP contribution >= 0.6 is 24.0 Å². The number of benzene rings is 1. The second-order valence-corrected chi connectivity index (χ2v) is 5.39. The fourth-order valence-electron chi connectivity index (χ4n) is 2.32. The van der Waals surface area contributed by atoms with Crippen LogP contribution in [0.3, 0.4) is 0 Å². The van der Waals surface area contributed by atoms with Crippen molar-refractivity contribution >= 4 is 29.9 Å². The lowest BCUT2D eigenvalue weighted by molar-refractivity contribution is 0.0791. The predicted molar refractivity (Wildman–Crippen MR) is 84.3 cm³/mol. The molecule has 1 aliphatic heterocycles. The molecule has 2 aromatic rings. The van der Waals surface area contributed by atoms with Crippen LogP contribution in [0.4, 0.5) is 0 Å². The number of hydrogen-bond donors (Lipinski definition) is 1. The summed E-state index contributed by atoms with van der Waals surface area (Å²) in [6.45, 7) is 1.33. The highest BCUT2D eigenvalue weighted by Gasteiger charge is 2.25. The fraction of sp³-hybridized carbons (Fsp3) is 0.286. The molecule has 0 unspecified atom stereocenters. The number of halogens is 2. The lowest BCUT2D eigenvalue weighted by Crippen LogP contribution is -2.31. The van der Waals surface area contributed by atoms with Gasteiger partial charge in [0.15, 0.2) is 0 Å². The molecule has 0 bridgehead atoms. The van der Waals surface area contributed by atoms with Gasteiger partial charge >= 0.3 is 0 Å². The van der Waals surface area contributed by atoms with E-state index >= 15 is 0 Å². The molecular formula is C14H16Cl2N4O. The van der Waals surface area contributed by atoms with Crippen LogP contribution in [0.25, 0.3) is 5.69 Å². The molecule has 1 saturated heterocycles. The molecule has 112 valence electrons. The highest BCUT2D eigenvalue weighted by atomic mass is 35.5. The third-order valence-corrected chi connectivity index (χ3v) is 3.68. The second kappa shape index (κ2) is 6.47. The first-order chi connectivity index (χ1) is 9.63. The normalized spacial score (nSPS) is 17.6. The maximum absolute atomic E-state index is 12.3. The van der Waals surface area contributed by atoms with Gasteiger partial charge in [0, 0.05) is 30.4 Å². The first-order valence-corrected chi connectivity index (χ1v) is 6.87. The molecule has 1 atom stereocenters. The summed E-state index contributed by atoms with van der Waals surface area (Å²) in [5, 5.41) is 4.89. The Kier molecular flexibility index (Phi) is 4.88. The molecule has 2 N–H and O–H groups in total. The van der Waals surface area contributed by atoms with Gasteiger partial charge in [0.05, 0.1) is 17.4 Å². The summed E-state index contributed by atoms with van der Waals surface area (Å²) in [6, 6.07) is 7.38. The molecule has 0 radical (unpaired) electrons. The molecule has 21 heavy (non-hydrogen) atoms. The maximum Gasteiger partial charge on any atom is 0.257 e. The average Bonchev–Trinajstić information content (AvgIpc) is 3.08. The number of carbonyl (C=O) groups excluding carboxylic acids is 1. The van der Waals surface area contributed by atoms with Gasteiger partial charge in [0.2, 0.25) is 0 Å². The monoisotopic (exact) mass is 326 g/mol. The third kappa shape index (κ3) is 3.37. The fourth-order valence-corrected chi connectivity index (χ4v) is 2.45. The van der Waals surface area contributed by atoms with Crippen molar-refractivity contribution in [3.63, 3.8) is 0 Å². The van der Waals surface area contributed by atoms with Crippen molar-refractivity contribution in [3.8, 4) is 5.69 Å². The van der Waals surface area contributed by atoms with Crippen LogP contribution in [-0.2, 0) is 0 Å². The van der Waals surface area contributed by atoms with Gasteiger partial charge < -0.3 is 10.6 Å². The first-order valence-electron chi connectivity index (χ1n) is 6.49. The van der Waals surface area contributed by atoms with Crippen molar-refractivity contribution < 1.29 is 4.79 Å². The van der Waals surface area contributed by atoms with Gasteiger partial charge in [-0.25, -0.2) is 4.68 Å². The van der Waals surface area contributed by atoms with Crippen LogP contribution in [0.1, 0.15) is 16.8 Å². The molecule has 0 saturated carbocycles. The van der Waals surface area contributed by atoms with Crippen molar-refractivity contribution in [2.45, 2.75) is 12.5 Å². The standard InChI is InChI=1S/C14H15ClN4O.ClH/c15-11-1-3-13(4-2-11)19-8-10(7-17-19)14(20)18-6-5-12(16)9-18;/h1-4,7-8,12H,5-6,9,16H2;1H/t12-;/m1./s1. The number of rotatable bonds is 2. The highest BCUT2D eigenvalue weighted by molar-refractivity contribution is 6.30. The molecule has 2 heterocycles. The van der Waals surface area contributed by atoms with Crippen molar-refractivity contribution in [3.05, 3.63) is 47.2 Å². The summed E-state index contributed by atoms with van der Waals surface area (Å²) < 4.78 is 1.67. The molecule has 1 fully saturated rings. The number of aromatic nitrogens is 2. The number of nitrogens with two attached hydrogens (primary N) is 1. The van der Waals surface area contributed by atoms with Crippen molar-refractivity contribution in [2.24, 2.45) is 5.73 Å². The van der Waals surface area contributed by atoms with E-state index in [2.05, 4.69) is 5.10 Å². The third-order valence-electron chi connectivity index (χ3n) is 3.43. The largest absolute Gasteiger partial charge is 0.337 e. The summed E-state index contributed by atoms with van der Waals surface area (Å²) >= 11 is 5.85. The summed E-state index contributed by atoms with van der Waals surface area (Å²) in [5.41, 5.74) is 7.27. The molecule has 0 aliphatic carbocycles. The Balaban J connectivity index is 0.00000161. The lowest BCUT2D eigenvalue weighted by atomic mass is 10.3. The summed E-state index contributed by atoms with van der Waals surface area (Å²) in [6.07, 6.45) is 4.17. The van der Waals surface area contributed by atoms with Gasteiger partial charge in [-0.05, 0) is 30.7 Å². The van der Waals surface area contributed by atoms with E-state index < -0.39 is 0 Å². The van der Waals surface area contributed by atoms with Crippen LogP contribution in [0, 0.1) is 0 Å². The van der Waals surface area contributed by atoms with E-state index in [1.54, 1.807) is 34.1 Å². The zero-order valence-electron chi connectivity index (χ0n) is 11.3. The predicted octanol–water partition coefficient (Wildman–Crippen LogP) is 2.12. The molecule has 3 rings (SSSR count). The minimum atomic E-state index is -0.0156. The quantitative estimate of drug-likeness (QED) is 0.919. The summed E-state index contributed by atoms with van der Waals surface area (Å²) in [4.78, 5) is 14.1. The van der Waals surface area contributed by atoms with Crippen molar-refractivity contribution in [1.82, 2.24) is 14.7 Å².